The molecule has 1 aliphatic heterocycles. The van der Waals surface area contributed by atoms with Gasteiger partial charge in [0.25, 0.3) is 5.91 Å². The quantitative estimate of drug-likeness (QED) is 0.606. The second-order valence-corrected chi connectivity index (χ2v) is 6.38. The Morgan fingerprint density at radius 2 is 2.04 bits per heavy atom. The van der Waals surface area contributed by atoms with Crippen LogP contribution in [0.2, 0.25) is 0 Å². The Labute approximate surface area is 153 Å². The van der Waals surface area contributed by atoms with Crippen molar-refractivity contribution in [3.05, 3.63) is 52.0 Å². The highest BCUT2D eigenvalue weighted by atomic mass is 79.9. The third-order valence-electron chi connectivity index (χ3n) is 3.63. The van der Waals surface area contributed by atoms with Crippen LogP contribution in [0, 0.1) is 6.92 Å². The predicted molar refractivity (Wildman–Crippen MR) is 98.2 cm³/mol. The maximum Gasteiger partial charge on any atom is 0.265 e. The Bertz CT molecular complexity index is 836. The lowest BCUT2D eigenvalue weighted by molar-refractivity contribution is -0.120. The van der Waals surface area contributed by atoms with Gasteiger partial charge >= 0.3 is 0 Å². The summed E-state index contributed by atoms with van der Waals surface area (Å²) in [6, 6.07) is 11.1. The Kier molecular flexibility index (Phi) is 5.23. The standard InChI is InChI=1S/C18H17BrN2O4/c1-11-7-14(4-5-15(11)19)20-18(22)9-25-21-12(2)13-3-6-16-17(8-13)24-10-23-16/h3-8H,9-10H2,1-2H3,(H,20,22)/b21-12+. The molecule has 0 bridgehead atoms. The van der Waals surface area contributed by atoms with Crippen LogP contribution in [0.5, 0.6) is 11.5 Å². The van der Waals surface area contributed by atoms with Crippen LogP contribution in [0.25, 0.3) is 0 Å². The normalized spacial score (nSPS) is 12.8. The van der Waals surface area contributed by atoms with Gasteiger partial charge in [-0.3, -0.25) is 4.79 Å². The van der Waals surface area contributed by atoms with E-state index in [0.717, 1.165) is 15.6 Å². The third kappa shape index (κ3) is 4.30. The fourth-order valence-electron chi connectivity index (χ4n) is 2.28. The number of carbonyl (C=O) groups is 1. The molecular formula is C18H17BrN2O4. The molecule has 0 atom stereocenters. The molecule has 0 radical (unpaired) electrons. The van der Waals surface area contributed by atoms with Crippen LogP contribution >= 0.6 is 15.9 Å². The van der Waals surface area contributed by atoms with Crippen LogP contribution in [0.1, 0.15) is 18.1 Å². The molecule has 6 nitrogen and oxygen atoms in total. The van der Waals surface area contributed by atoms with E-state index in [1.54, 1.807) is 6.92 Å². The predicted octanol–water partition coefficient (Wildman–Crippen LogP) is 3.87. The van der Waals surface area contributed by atoms with Crippen molar-refractivity contribution < 1.29 is 19.1 Å². The van der Waals surface area contributed by atoms with Gasteiger partial charge in [0.05, 0.1) is 5.71 Å². The maximum atomic E-state index is 11.9. The molecule has 1 aliphatic rings. The Balaban J connectivity index is 1.54. The van der Waals surface area contributed by atoms with Crippen LogP contribution in [-0.4, -0.2) is 25.0 Å². The van der Waals surface area contributed by atoms with Crippen molar-refractivity contribution >= 4 is 33.2 Å². The zero-order chi connectivity index (χ0) is 17.8. The first kappa shape index (κ1) is 17.3. The van der Waals surface area contributed by atoms with Crippen molar-refractivity contribution in [2.75, 3.05) is 18.7 Å². The van der Waals surface area contributed by atoms with Crippen LogP contribution in [0.15, 0.2) is 46.0 Å². The van der Waals surface area contributed by atoms with Crippen molar-refractivity contribution in [3.63, 3.8) is 0 Å². The first-order valence-corrected chi connectivity index (χ1v) is 8.45. The largest absolute Gasteiger partial charge is 0.454 e. The molecule has 3 rings (SSSR count). The fourth-order valence-corrected chi connectivity index (χ4v) is 2.53. The number of halogens is 1. The van der Waals surface area contributed by atoms with Crippen LogP contribution in [0.4, 0.5) is 5.69 Å². The third-order valence-corrected chi connectivity index (χ3v) is 4.52. The first-order valence-electron chi connectivity index (χ1n) is 7.65. The topological polar surface area (TPSA) is 69.2 Å². The van der Waals surface area contributed by atoms with Gasteiger partial charge in [0.2, 0.25) is 6.79 Å². The number of fused-ring (bicyclic) bond motifs is 1. The molecule has 0 aromatic heterocycles. The molecular weight excluding hydrogens is 388 g/mol. The summed E-state index contributed by atoms with van der Waals surface area (Å²) in [7, 11) is 0. The second-order valence-electron chi connectivity index (χ2n) is 5.53. The van der Waals surface area contributed by atoms with Crippen molar-refractivity contribution in [1.82, 2.24) is 0 Å². The minimum atomic E-state index is -0.274. The lowest BCUT2D eigenvalue weighted by Crippen LogP contribution is -2.17. The summed E-state index contributed by atoms with van der Waals surface area (Å²) in [6.07, 6.45) is 0. The van der Waals surface area contributed by atoms with E-state index in [1.165, 1.54) is 0 Å². The molecule has 7 heteroatoms. The summed E-state index contributed by atoms with van der Waals surface area (Å²) in [6.45, 7) is 3.81. The Morgan fingerprint density at radius 1 is 1.24 bits per heavy atom. The molecule has 0 fully saturated rings. The zero-order valence-electron chi connectivity index (χ0n) is 13.8. The van der Waals surface area contributed by atoms with E-state index in [2.05, 4.69) is 26.4 Å². The molecule has 0 saturated heterocycles. The maximum absolute atomic E-state index is 11.9. The summed E-state index contributed by atoms with van der Waals surface area (Å²) in [5.74, 6) is 1.11. The van der Waals surface area contributed by atoms with Gasteiger partial charge in [0.15, 0.2) is 18.1 Å². The van der Waals surface area contributed by atoms with E-state index in [9.17, 15) is 4.79 Å². The minimum absolute atomic E-state index is 0.170. The van der Waals surface area contributed by atoms with Gasteiger partial charge in [0.1, 0.15) is 0 Å². The average Bonchev–Trinajstić information content (AvgIpc) is 3.05. The number of nitrogens with zero attached hydrogens (tertiary/aromatic N) is 1. The lowest BCUT2D eigenvalue weighted by atomic mass is 10.1. The molecule has 1 amide bonds. The van der Waals surface area contributed by atoms with E-state index in [0.29, 0.717) is 22.9 Å². The zero-order valence-corrected chi connectivity index (χ0v) is 15.4. The molecule has 0 aliphatic carbocycles. The van der Waals surface area contributed by atoms with Gasteiger partial charge in [-0.05, 0) is 55.8 Å². The highest BCUT2D eigenvalue weighted by Crippen LogP contribution is 2.32. The highest BCUT2D eigenvalue weighted by Gasteiger charge is 2.14. The van der Waals surface area contributed by atoms with Gasteiger partial charge in [-0.2, -0.15) is 0 Å². The molecule has 25 heavy (non-hydrogen) atoms. The summed E-state index contributed by atoms with van der Waals surface area (Å²) < 4.78 is 11.6. The van der Waals surface area contributed by atoms with E-state index in [4.69, 9.17) is 14.3 Å². The van der Waals surface area contributed by atoms with Crippen LogP contribution < -0.4 is 14.8 Å². The van der Waals surface area contributed by atoms with Gasteiger partial charge in [-0.1, -0.05) is 21.1 Å². The number of benzene rings is 2. The van der Waals surface area contributed by atoms with Gasteiger partial charge in [0, 0.05) is 15.7 Å². The number of nitrogens with one attached hydrogen (secondary N) is 1. The molecule has 130 valence electrons. The number of hydrogen-bond acceptors (Lipinski definition) is 5. The number of anilines is 1. The van der Waals surface area contributed by atoms with Crippen molar-refractivity contribution in [3.8, 4) is 11.5 Å². The van der Waals surface area contributed by atoms with Crippen molar-refractivity contribution in [2.45, 2.75) is 13.8 Å². The molecule has 0 spiro atoms. The molecule has 1 N–H and O–H groups in total. The molecule has 1 heterocycles. The number of rotatable bonds is 5. The number of ether oxygens (including phenoxy) is 2. The average molecular weight is 405 g/mol. The fraction of sp³-hybridized carbons (Fsp3) is 0.222. The van der Waals surface area contributed by atoms with Gasteiger partial charge in [-0.15, -0.1) is 0 Å². The summed E-state index contributed by atoms with van der Waals surface area (Å²) in [5, 5.41) is 6.75. The Hall–Kier alpha value is -2.54. The number of oxime groups is 1. The summed E-state index contributed by atoms with van der Waals surface area (Å²) in [4.78, 5) is 17.1. The van der Waals surface area contributed by atoms with E-state index < -0.39 is 0 Å². The van der Waals surface area contributed by atoms with Crippen LogP contribution in [0.3, 0.4) is 0 Å². The van der Waals surface area contributed by atoms with E-state index in [1.807, 2.05) is 43.3 Å². The second kappa shape index (κ2) is 7.57. The molecule has 2 aromatic carbocycles. The number of hydrogen-bond donors (Lipinski definition) is 1. The minimum Gasteiger partial charge on any atom is -0.454 e. The monoisotopic (exact) mass is 404 g/mol. The molecule has 0 saturated carbocycles. The SMILES string of the molecule is C/C(=N\OCC(=O)Nc1ccc(Br)c(C)c1)c1ccc2c(c1)OCO2. The first-order chi connectivity index (χ1) is 12.0. The lowest BCUT2D eigenvalue weighted by Gasteiger charge is -2.07. The van der Waals surface area contributed by atoms with Gasteiger partial charge < -0.3 is 19.6 Å². The van der Waals surface area contributed by atoms with Crippen molar-refractivity contribution in [1.29, 1.82) is 0 Å². The number of amides is 1. The summed E-state index contributed by atoms with van der Waals surface area (Å²) >= 11 is 3.42. The smallest absolute Gasteiger partial charge is 0.265 e. The number of carbonyl (C=O) groups excluding carboxylic acids is 1. The van der Waals surface area contributed by atoms with Gasteiger partial charge in [-0.25, -0.2) is 0 Å². The Morgan fingerprint density at radius 3 is 2.84 bits per heavy atom. The molecule has 2 aromatic rings. The van der Waals surface area contributed by atoms with Crippen LogP contribution in [-0.2, 0) is 9.63 Å². The van der Waals surface area contributed by atoms with E-state index >= 15 is 0 Å². The summed E-state index contributed by atoms with van der Waals surface area (Å²) in [5.41, 5.74) is 3.24. The van der Waals surface area contributed by atoms with Crippen molar-refractivity contribution in [2.24, 2.45) is 5.16 Å². The van der Waals surface area contributed by atoms with E-state index in [-0.39, 0.29) is 19.3 Å². The molecule has 0 unspecified atom stereocenters. The highest BCUT2D eigenvalue weighted by molar-refractivity contribution is 9.10. The number of aryl methyl sites for hydroxylation is 1.